The number of benzene rings is 1. The minimum absolute atomic E-state index is 0.0215. The van der Waals surface area contributed by atoms with E-state index in [-0.39, 0.29) is 17.5 Å². The number of methoxy groups -OCH3 is 1. The smallest absolute Gasteiger partial charge is 0.257 e. The van der Waals surface area contributed by atoms with E-state index in [1.165, 1.54) is 36.6 Å². The molecule has 2 aromatic rings. The van der Waals surface area contributed by atoms with Gasteiger partial charge in [0.1, 0.15) is 0 Å². The fraction of sp³-hybridized carbons (Fsp3) is 0.167. The summed E-state index contributed by atoms with van der Waals surface area (Å²) in [5.41, 5.74) is 0.986. The van der Waals surface area contributed by atoms with Crippen LogP contribution in [0.1, 0.15) is 16.1 Å². The van der Waals surface area contributed by atoms with Crippen molar-refractivity contribution < 1.29 is 13.9 Å². The Morgan fingerprint density at radius 3 is 3.00 bits per heavy atom. The molecular formula is C12H10ClFN2O2S. The Morgan fingerprint density at radius 2 is 2.37 bits per heavy atom. The molecule has 0 saturated carbocycles. The highest BCUT2D eigenvalue weighted by atomic mass is 35.5. The Kier molecular flexibility index (Phi) is 4.34. The Balaban J connectivity index is 2.15. The monoisotopic (exact) mass is 300 g/mol. The first-order valence-corrected chi connectivity index (χ1v) is 6.70. The highest BCUT2D eigenvalue weighted by molar-refractivity contribution is 7.14. The number of ether oxygens (including phenoxy) is 1. The van der Waals surface area contributed by atoms with E-state index in [9.17, 15) is 9.18 Å². The standard InChI is InChI=1S/C12H10ClFN2O2S/c1-18-10-4-7(2-3-9(10)14)11(17)16-12-15-8(5-13)6-19-12/h2-4,6H,5H2,1H3,(H,15,16,17). The van der Waals surface area contributed by atoms with Crippen LogP contribution in [-0.4, -0.2) is 18.0 Å². The lowest BCUT2D eigenvalue weighted by molar-refractivity contribution is 0.102. The van der Waals surface area contributed by atoms with Crippen LogP contribution in [0.2, 0.25) is 0 Å². The number of amides is 1. The molecule has 0 saturated heterocycles. The molecule has 1 N–H and O–H groups in total. The zero-order chi connectivity index (χ0) is 13.8. The van der Waals surface area contributed by atoms with Gasteiger partial charge in [0.05, 0.1) is 18.7 Å². The number of carbonyl (C=O) groups is 1. The van der Waals surface area contributed by atoms with E-state index in [4.69, 9.17) is 16.3 Å². The predicted octanol–water partition coefficient (Wildman–Crippen LogP) is 3.28. The Bertz CT molecular complexity index is 603. The van der Waals surface area contributed by atoms with Gasteiger partial charge in [0.15, 0.2) is 16.7 Å². The molecule has 19 heavy (non-hydrogen) atoms. The second-order valence-corrected chi connectivity index (χ2v) is 4.71. The summed E-state index contributed by atoms with van der Waals surface area (Å²) in [6.07, 6.45) is 0. The normalized spacial score (nSPS) is 10.3. The molecule has 100 valence electrons. The molecule has 0 aliphatic rings. The highest BCUT2D eigenvalue weighted by Crippen LogP contribution is 2.21. The van der Waals surface area contributed by atoms with Gasteiger partial charge in [-0.15, -0.1) is 22.9 Å². The minimum Gasteiger partial charge on any atom is -0.494 e. The van der Waals surface area contributed by atoms with Crippen LogP contribution in [0.4, 0.5) is 9.52 Å². The molecule has 0 radical (unpaired) electrons. The Hall–Kier alpha value is -1.66. The SMILES string of the molecule is COc1cc(C(=O)Nc2nc(CCl)cs2)ccc1F. The zero-order valence-electron chi connectivity index (χ0n) is 9.94. The number of halogens is 2. The van der Waals surface area contributed by atoms with Crippen molar-refractivity contribution in [3.63, 3.8) is 0 Å². The highest BCUT2D eigenvalue weighted by Gasteiger charge is 2.12. The van der Waals surface area contributed by atoms with E-state index in [2.05, 4.69) is 10.3 Å². The van der Waals surface area contributed by atoms with Crippen LogP contribution in [0, 0.1) is 5.82 Å². The van der Waals surface area contributed by atoms with E-state index >= 15 is 0 Å². The van der Waals surface area contributed by atoms with Gasteiger partial charge >= 0.3 is 0 Å². The second-order valence-electron chi connectivity index (χ2n) is 3.58. The van der Waals surface area contributed by atoms with Crippen LogP contribution in [0.15, 0.2) is 23.6 Å². The summed E-state index contributed by atoms with van der Waals surface area (Å²) in [7, 11) is 1.34. The van der Waals surface area contributed by atoms with Crippen LogP contribution in [0.5, 0.6) is 5.75 Å². The maximum atomic E-state index is 13.2. The Morgan fingerprint density at radius 1 is 1.58 bits per heavy atom. The van der Waals surface area contributed by atoms with Gasteiger partial charge in [0.25, 0.3) is 5.91 Å². The third kappa shape index (κ3) is 3.21. The third-order valence-electron chi connectivity index (χ3n) is 2.32. The van der Waals surface area contributed by atoms with Crippen LogP contribution in [0.3, 0.4) is 0 Å². The van der Waals surface area contributed by atoms with Gasteiger partial charge in [0, 0.05) is 10.9 Å². The number of aromatic nitrogens is 1. The molecule has 1 aromatic heterocycles. The fourth-order valence-electron chi connectivity index (χ4n) is 1.40. The third-order valence-corrected chi connectivity index (χ3v) is 3.40. The molecule has 0 unspecified atom stereocenters. The summed E-state index contributed by atoms with van der Waals surface area (Å²) in [4.78, 5) is 16.0. The summed E-state index contributed by atoms with van der Waals surface area (Å²) < 4.78 is 18.0. The number of anilines is 1. The van der Waals surface area contributed by atoms with Crippen molar-refractivity contribution in [2.75, 3.05) is 12.4 Å². The van der Waals surface area contributed by atoms with Crippen molar-refractivity contribution >= 4 is 34.0 Å². The average molecular weight is 301 g/mol. The first kappa shape index (κ1) is 13.8. The molecular weight excluding hydrogens is 291 g/mol. The van der Waals surface area contributed by atoms with Crippen LogP contribution in [0.25, 0.3) is 0 Å². The van der Waals surface area contributed by atoms with Crippen LogP contribution in [-0.2, 0) is 5.88 Å². The summed E-state index contributed by atoms with van der Waals surface area (Å²) in [6.45, 7) is 0. The molecule has 0 aliphatic carbocycles. The number of thiazole rings is 1. The predicted molar refractivity (Wildman–Crippen MR) is 72.6 cm³/mol. The minimum atomic E-state index is -0.516. The van der Waals surface area contributed by atoms with Crippen molar-refractivity contribution in [1.82, 2.24) is 4.98 Å². The summed E-state index contributed by atoms with van der Waals surface area (Å²) >= 11 is 6.90. The number of alkyl halides is 1. The molecule has 0 atom stereocenters. The number of nitrogens with zero attached hydrogens (tertiary/aromatic N) is 1. The molecule has 1 aromatic carbocycles. The van der Waals surface area contributed by atoms with E-state index in [1.54, 1.807) is 5.38 Å². The topological polar surface area (TPSA) is 51.2 Å². The van der Waals surface area contributed by atoms with E-state index in [0.717, 1.165) is 0 Å². The van der Waals surface area contributed by atoms with Crippen molar-refractivity contribution in [3.8, 4) is 5.75 Å². The van der Waals surface area contributed by atoms with E-state index in [1.807, 2.05) is 0 Å². The zero-order valence-corrected chi connectivity index (χ0v) is 11.5. The lowest BCUT2D eigenvalue weighted by Crippen LogP contribution is -2.12. The molecule has 0 spiro atoms. The van der Waals surface area contributed by atoms with Gasteiger partial charge in [0.2, 0.25) is 0 Å². The van der Waals surface area contributed by atoms with Gasteiger partial charge in [-0.25, -0.2) is 9.37 Å². The van der Waals surface area contributed by atoms with Crippen molar-refractivity contribution in [2.45, 2.75) is 5.88 Å². The van der Waals surface area contributed by atoms with Gasteiger partial charge in [-0.1, -0.05) is 0 Å². The summed E-state index contributed by atoms with van der Waals surface area (Å²) in [5, 5.41) is 4.82. The average Bonchev–Trinajstić information content (AvgIpc) is 2.86. The molecule has 0 fully saturated rings. The van der Waals surface area contributed by atoms with Crippen LogP contribution < -0.4 is 10.1 Å². The van der Waals surface area contributed by atoms with Crippen molar-refractivity contribution in [3.05, 3.63) is 40.7 Å². The van der Waals surface area contributed by atoms with Gasteiger partial charge < -0.3 is 4.74 Å². The lowest BCUT2D eigenvalue weighted by Gasteiger charge is -2.05. The lowest BCUT2D eigenvalue weighted by atomic mass is 10.2. The summed E-state index contributed by atoms with van der Waals surface area (Å²) in [5.74, 6) is -0.587. The maximum Gasteiger partial charge on any atom is 0.257 e. The fourth-order valence-corrected chi connectivity index (χ4v) is 2.33. The number of carbonyl (C=O) groups excluding carboxylic acids is 1. The quantitative estimate of drug-likeness (QED) is 0.882. The molecule has 2 rings (SSSR count). The molecule has 0 aliphatic heterocycles. The van der Waals surface area contributed by atoms with E-state index in [0.29, 0.717) is 16.4 Å². The van der Waals surface area contributed by atoms with Gasteiger partial charge in [-0.2, -0.15) is 0 Å². The molecule has 0 bridgehead atoms. The van der Waals surface area contributed by atoms with Gasteiger partial charge in [-0.05, 0) is 18.2 Å². The first-order chi connectivity index (χ1) is 9.13. The largest absolute Gasteiger partial charge is 0.494 e. The molecule has 1 heterocycles. The van der Waals surface area contributed by atoms with Gasteiger partial charge in [-0.3, -0.25) is 10.1 Å². The summed E-state index contributed by atoms with van der Waals surface area (Å²) in [6, 6.07) is 3.89. The number of nitrogens with one attached hydrogen (secondary N) is 1. The molecule has 4 nitrogen and oxygen atoms in total. The number of hydrogen-bond donors (Lipinski definition) is 1. The van der Waals surface area contributed by atoms with Crippen LogP contribution >= 0.6 is 22.9 Å². The first-order valence-electron chi connectivity index (χ1n) is 5.29. The molecule has 7 heteroatoms. The number of rotatable bonds is 4. The molecule has 1 amide bonds. The van der Waals surface area contributed by atoms with Crippen molar-refractivity contribution in [2.24, 2.45) is 0 Å². The van der Waals surface area contributed by atoms with Crippen molar-refractivity contribution in [1.29, 1.82) is 0 Å². The Labute approximate surface area is 118 Å². The maximum absolute atomic E-state index is 13.2. The number of hydrogen-bond acceptors (Lipinski definition) is 4. The second kappa shape index (κ2) is 5.99. The van der Waals surface area contributed by atoms with E-state index < -0.39 is 5.82 Å².